The van der Waals surface area contributed by atoms with E-state index >= 15 is 0 Å². The van der Waals surface area contributed by atoms with Gasteiger partial charge in [0.25, 0.3) is 5.76 Å². The van der Waals surface area contributed by atoms with Crippen LogP contribution in [0, 0.1) is 0 Å². The second-order valence-electron chi connectivity index (χ2n) is 5.35. The molecule has 0 spiro atoms. The molecule has 5 nitrogen and oxygen atoms in total. The summed E-state index contributed by atoms with van der Waals surface area (Å²) >= 11 is 0. The van der Waals surface area contributed by atoms with Gasteiger partial charge in [-0.3, -0.25) is 0 Å². The van der Waals surface area contributed by atoms with Crippen LogP contribution in [0.1, 0.15) is 11.1 Å². The molecule has 0 radical (unpaired) electrons. The van der Waals surface area contributed by atoms with E-state index in [2.05, 4.69) is 0 Å². The Morgan fingerprint density at radius 3 is 1.88 bits per heavy atom. The van der Waals surface area contributed by atoms with Crippen molar-refractivity contribution in [2.75, 3.05) is 6.61 Å². The fourth-order valence-electron chi connectivity index (χ4n) is 2.34. The van der Waals surface area contributed by atoms with Crippen LogP contribution in [-0.4, -0.2) is 17.7 Å². The number of cyclic esters (lactones) is 1. The van der Waals surface area contributed by atoms with Crippen molar-refractivity contribution < 1.29 is 24.1 Å². The van der Waals surface area contributed by atoms with E-state index in [1.807, 2.05) is 60.7 Å². The van der Waals surface area contributed by atoms with Crippen molar-refractivity contribution in [3.63, 3.8) is 0 Å². The number of carbonyl (C=O) groups is 1. The number of hydrogen-bond donors (Lipinski definition) is 1. The molecule has 0 fully saturated rings. The number of aliphatic hydroxyl groups excluding tert-OH is 1. The van der Waals surface area contributed by atoms with E-state index in [4.69, 9.17) is 19.3 Å². The van der Waals surface area contributed by atoms with E-state index in [9.17, 15) is 4.79 Å². The van der Waals surface area contributed by atoms with Gasteiger partial charge in [-0.2, -0.15) is 0 Å². The summed E-state index contributed by atoms with van der Waals surface area (Å²) in [6.07, 6.45) is 1.37. The Morgan fingerprint density at radius 1 is 0.840 bits per heavy atom. The molecule has 0 saturated heterocycles. The van der Waals surface area contributed by atoms with E-state index in [1.165, 1.54) is 6.08 Å². The van der Waals surface area contributed by atoms with Gasteiger partial charge in [0.1, 0.15) is 13.2 Å². The highest BCUT2D eigenvalue weighted by Crippen LogP contribution is 2.29. The molecule has 0 atom stereocenters. The van der Waals surface area contributed by atoms with Crippen LogP contribution in [0.2, 0.25) is 0 Å². The maximum Gasteiger partial charge on any atom is 0.383 e. The summed E-state index contributed by atoms with van der Waals surface area (Å²) in [6, 6.07) is 19.0. The van der Waals surface area contributed by atoms with E-state index in [0.29, 0.717) is 0 Å². The van der Waals surface area contributed by atoms with Crippen molar-refractivity contribution in [1.29, 1.82) is 0 Å². The minimum atomic E-state index is -0.626. The van der Waals surface area contributed by atoms with Gasteiger partial charge < -0.3 is 19.3 Å². The number of aliphatic hydroxyl groups is 1. The van der Waals surface area contributed by atoms with Crippen molar-refractivity contribution in [3.8, 4) is 0 Å². The van der Waals surface area contributed by atoms with E-state index in [-0.39, 0.29) is 37.1 Å². The van der Waals surface area contributed by atoms with Gasteiger partial charge in [-0.15, -0.1) is 0 Å². The Morgan fingerprint density at radius 2 is 1.36 bits per heavy atom. The summed E-state index contributed by atoms with van der Waals surface area (Å²) in [5, 5.41) is 9.12. The Hall–Kier alpha value is -3.05. The summed E-state index contributed by atoms with van der Waals surface area (Å²) in [6.45, 7) is 0.205. The summed E-state index contributed by atoms with van der Waals surface area (Å²) in [7, 11) is 0. The van der Waals surface area contributed by atoms with Gasteiger partial charge >= 0.3 is 5.97 Å². The summed E-state index contributed by atoms with van der Waals surface area (Å²) in [5.41, 5.74) is 1.87. The van der Waals surface area contributed by atoms with E-state index < -0.39 is 5.97 Å². The van der Waals surface area contributed by atoms with E-state index in [0.717, 1.165) is 11.1 Å². The quantitative estimate of drug-likeness (QED) is 0.786. The third-order valence-corrected chi connectivity index (χ3v) is 3.55. The third-order valence-electron chi connectivity index (χ3n) is 3.55. The fraction of sp³-hybridized carbons (Fsp3) is 0.150. The first-order valence-corrected chi connectivity index (χ1v) is 7.89. The highest BCUT2D eigenvalue weighted by molar-refractivity contribution is 5.91. The number of benzene rings is 2. The summed E-state index contributed by atoms with van der Waals surface area (Å²) in [5.74, 6) is -0.233. The molecule has 5 heteroatoms. The molecule has 2 aromatic carbocycles. The lowest BCUT2D eigenvalue weighted by Crippen LogP contribution is -2.04. The van der Waals surface area contributed by atoms with Gasteiger partial charge in [0.2, 0.25) is 5.76 Å². The normalized spacial score (nSPS) is 15.4. The molecular formula is C20H18O5. The Balaban J connectivity index is 1.78. The zero-order valence-corrected chi connectivity index (χ0v) is 13.6. The van der Waals surface area contributed by atoms with Gasteiger partial charge in [-0.05, 0) is 17.2 Å². The Bertz CT molecular complexity index is 778. The minimum Gasteiger partial charge on any atom is -0.481 e. The largest absolute Gasteiger partial charge is 0.481 e. The average molecular weight is 338 g/mol. The maximum absolute atomic E-state index is 12.1. The molecule has 0 aliphatic carbocycles. The predicted molar refractivity (Wildman–Crippen MR) is 90.7 cm³/mol. The molecule has 0 unspecified atom stereocenters. The fourth-order valence-corrected chi connectivity index (χ4v) is 2.34. The van der Waals surface area contributed by atoms with Crippen LogP contribution >= 0.6 is 0 Å². The lowest BCUT2D eigenvalue weighted by atomic mass is 10.2. The van der Waals surface area contributed by atoms with Crippen molar-refractivity contribution >= 4 is 5.97 Å². The van der Waals surface area contributed by atoms with Crippen molar-refractivity contribution in [2.24, 2.45) is 0 Å². The first-order valence-electron chi connectivity index (χ1n) is 7.89. The molecule has 0 amide bonds. The Kier molecular flexibility index (Phi) is 5.49. The lowest BCUT2D eigenvalue weighted by Gasteiger charge is -2.09. The number of rotatable bonds is 7. The number of ether oxygens (including phenoxy) is 3. The smallest absolute Gasteiger partial charge is 0.383 e. The zero-order chi connectivity index (χ0) is 17.5. The van der Waals surface area contributed by atoms with Crippen molar-refractivity contribution in [1.82, 2.24) is 0 Å². The molecule has 0 saturated carbocycles. The molecule has 1 aliphatic heterocycles. The number of esters is 1. The summed E-state index contributed by atoms with van der Waals surface area (Å²) < 4.78 is 16.5. The zero-order valence-electron chi connectivity index (χ0n) is 13.6. The standard InChI is InChI=1S/C20H18O5/c21-12-11-17-18(23-13-15-7-3-1-4-8-15)19(20(22)25-17)24-14-16-9-5-2-6-10-16/h1-11,21H,12-14H2/b17-11-. The predicted octanol–water partition coefficient (Wildman–Crippen LogP) is 3.06. The van der Waals surface area contributed by atoms with Gasteiger partial charge in [0, 0.05) is 0 Å². The van der Waals surface area contributed by atoms with Gasteiger partial charge in [0.05, 0.1) is 6.61 Å². The SMILES string of the molecule is O=C1O/C(=C\CO)C(OCc2ccccc2)=C1OCc1ccccc1. The number of carbonyl (C=O) groups excluding carboxylic acids is 1. The highest BCUT2D eigenvalue weighted by atomic mass is 16.6. The average Bonchev–Trinajstić information content (AvgIpc) is 2.95. The van der Waals surface area contributed by atoms with Crippen LogP contribution in [-0.2, 0) is 32.2 Å². The monoisotopic (exact) mass is 338 g/mol. The molecule has 0 bridgehead atoms. The van der Waals surface area contributed by atoms with Crippen molar-refractivity contribution in [3.05, 3.63) is 95.1 Å². The van der Waals surface area contributed by atoms with E-state index in [1.54, 1.807) is 0 Å². The van der Waals surface area contributed by atoms with Gasteiger partial charge in [0.15, 0.2) is 5.76 Å². The number of hydrogen-bond acceptors (Lipinski definition) is 5. The molecule has 1 heterocycles. The molecule has 1 N–H and O–H groups in total. The molecule has 0 aromatic heterocycles. The first-order chi connectivity index (χ1) is 12.3. The second kappa shape index (κ2) is 8.17. The lowest BCUT2D eigenvalue weighted by molar-refractivity contribution is -0.136. The highest BCUT2D eigenvalue weighted by Gasteiger charge is 2.33. The molecule has 3 rings (SSSR count). The van der Waals surface area contributed by atoms with Crippen LogP contribution in [0.15, 0.2) is 84.0 Å². The molecular weight excluding hydrogens is 320 g/mol. The van der Waals surface area contributed by atoms with Crippen LogP contribution < -0.4 is 0 Å². The Labute approximate surface area is 145 Å². The summed E-state index contributed by atoms with van der Waals surface area (Å²) in [4.78, 5) is 12.1. The molecule has 1 aliphatic rings. The maximum atomic E-state index is 12.1. The molecule has 25 heavy (non-hydrogen) atoms. The third kappa shape index (κ3) is 4.28. The first kappa shape index (κ1) is 16.8. The van der Waals surface area contributed by atoms with Crippen LogP contribution in [0.25, 0.3) is 0 Å². The minimum absolute atomic E-state index is 0.0134. The van der Waals surface area contributed by atoms with Crippen LogP contribution in [0.3, 0.4) is 0 Å². The second-order valence-corrected chi connectivity index (χ2v) is 5.35. The van der Waals surface area contributed by atoms with Gasteiger partial charge in [-0.1, -0.05) is 60.7 Å². The van der Waals surface area contributed by atoms with Crippen LogP contribution in [0.4, 0.5) is 0 Å². The molecule has 2 aromatic rings. The van der Waals surface area contributed by atoms with Crippen LogP contribution in [0.5, 0.6) is 0 Å². The topological polar surface area (TPSA) is 65.0 Å². The van der Waals surface area contributed by atoms with Gasteiger partial charge in [-0.25, -0.2) is 4.79 Å². The van der Waals surface area contributed by atoms with Crippen molar-refractivity contribution in [2.45, 2.75) is 13.2 Å². The molecule has 128 valence electrons.